The smallest absolute Gasteiger partial charge is 0.117 e. The largest absolute Gasteiger partial charge is 0.236 e. The Morgan fingerprint density at radius 3 is 3.07 bits per heavy atom. The summed E-state index contributed by atoms with van der Waals surface area (Å²) in [6, 6.07) is 6.19. The maximum Gasteiger partial charge on any atom is 0.117 e. The van der Waals surface area contributed by atoms with Crippen LogP contribution in [0.4, 0.5) is 0 Å². The molecule has 0 fully saturated rings. The highest BCUT2D eigenvalue weighted by Crippen LogP contribution is 2.25. The van der Waals surface area contributed by atoms with Crippen molar-refractivity contribution in [1.29, 1.82) is 0 Å². The average molecular weight is 328 g/mol. The van der Waals surface area contributed by atoms with Crippen molar-refractivity contribution in [1.82, 2.24) is 9.97 Å². The SMILES string of the molecule is C=CCSc1ncnc2ccc(I)cc12. The van der Waals surface area contributed by atoms with Gasteiger partial charge in [-0.3, -0.25) is 0 Å². The first-order valence-electron chi connectivity index (χ1n) is 4.45. The second-order valence-electron chi connectivity index (χ2n) is 2.94. The first-order valence-corrected chi connectivity index (χ1v) is 6.51. The van der Waals surface area contributed by atoms with Crippen molar-refractivity contribution in [3.05, 3.63) is 40.8 Å². The van der Waals surface area contributed by atoms with E-state index < -0.39 is 0 Å². The number of aromatic nitrogens is 2. The van der Waals surface area contributed by atoms with Crippen molar-refractivity contribution < 1.29 is 0 Å². The minimum absolute atomic E-state index is 0.873. The Bertz CT molecular complexity index is 499. The van der Waals surface area contributed by atoms with Crippen LogP contribution in [0.2, 0.25) is 0 Å². The fraction of sp³-hybridized carbons (Fsp3) is 0.0909. The molecule has 0 saturated carbocycles. The highest BCUT2D eigenvalue weighted by molar-refractivity contribution is 14.1. The van der Waals surface area contributed by atoms with Gasteiger partial charge in [-0.05, 0) is 40.8 Å². The van der Waals surface area contributed by atoms with Crippen LogP contribution in [-0.4, -0.2) is 15.7 Å². The van der Waals surface area contributed by atoms with Gasteiger partial charge in [-0.25, -0.2) is 9.97 Å². The fourth-order valence-electron chi connectivity index (χ4n) is 1.26. The van der Waals surface area contributed by atoms with Gasteiger partial charge in [-0.15, -0.1) is 18.3 Å². The molecule has 1 aromatic carbocycles. The lowest BCUT2D eigenvalue weighted by atomic mass is 10.2. The molecular formula is C11H9IN2S. The van der Waals surface area contributed by atoms with Crippen molar-refractivity contribution in [3.63, 3.8) is 0 Å². The highest BCUT2D eigenvalue weighted by atomic mass is 127. The standard InChI is InChI=1S/C11H9IN2S/c1-2-5-15-11-9-6-8(12)3-4-10(9)13-7-14-11/h2-4,6-7H,1,5H2. The number of nitrogens with zero attached hydrogens (tertiary/aromatic N) is 2. The summed E-state index contributed by atoms with van der Waals surface area (Å²) in [5.74, 6) is 0.873. The summed E-state index contributed by atoms with van der Waals surface area (Å²) < 4.78 is 1.20. The molecule has 2 aromatic rings. The van der Waals surface area contributed by atoms with Crippen LogP contribution in [0, 0.1) is 3.57 Å². The molecule has 0 aliphatic rings. The van der Waals surface area contributed by atoms with E-state index in [2.05, 4.69) is 51.3 Å². The van der Waals surface area contributed by atoms with Crippen molar-refractivity contribution in [3.8, 4) is 0 Å². The van der Waals surface area contributed by atoms with Gasteiger partial charge >= 0.3 is 0 Å². The minimum atomic E-state index is 0.873. The lowest BCUT2D eigenvalue weighted by Gasteiger charge is -2.03. The van der Waals surface area contributed by atoms with Gasteiger partial charge in [0.15, 0.2) is 0 Å². The molecule has 0 atom stereocenters. The Labute approximate surface area is 106 Å². The molecule has 0 bridgehead atoms. The van der Waals surface area contributed by atoms with Crippen LogP contribution in [0.5, 0.6) is 0 Å². The molecule has 0 spiro atoms. The normalized spacial score (nSPS) is 10.5. The molecule has 1 aromatic heterocycles. The average Bonchev–Trinajstić information content (AvgIpc) is 2.26. The van der Waals surface area contributed by atoms with E-state index in [1.54, 1.807) is 18.1 Å². The van der Waals surface area contributed by atoms with Gasteiger partial charge in [-0.2, -0.15) is 0 Å². The summed E-state index contributed by atoms with van der Waals surface area (Å²) in [4.78, 5) is 8.52. The van der Waals surface area contributed by atoms with Crippen molar-refractivity contribution in [2.75, 3.05) is 5.75 Å². The van der Waals surface area contributed by atoms with Gasteiger partial charge in [0, 0.05) is 14.7 Å². The second kappa shape index (κ2) is 4.94. The Morgan fingerprint density at radius 2 is 2.27 bits per heavy atom. The van der Waals surface area contributed by atoms with E-state index in [1.165, 1.54) is 3.57 Å². The number of rotatable bonds is 3. The van der Waals surface area contributed by atoms with E-state index in [1.807, 2.05) is 12.1 Å². The molecule has 4 heteroatoms. The zero-order chi connectivity index (χ0) is 10.7. The number of hydrogen-bond acceptors (Lipinski definition) is 3. The van der Waals surface area contributed by atoms with Crippen LogP contribution in [0.15, 0.2) is 42.2 Å². The van der Waals surface area contributed by atoms with Crippen LogP contribution in [0.3, 0.4) is 0 Å². The molecule has 0 aliphatic carbocycles. The number of halogens is 1. The zero-order valence-electron chi connectivity index (χ0n) is 7.98. The van der Waals surface area contributed by atoms with Crippen LogP contribution in [-0.2, 0) is 0 Å². The van der Waals surface area contributed by atoms with Crippen LogP contribution < -0.4 is 0 Å². The van der Waals surface area contributed by atoms with E-state index in [0.717, 1.165) is 21.7 Å². The number of fused-ring (bicyclic) bond motifs is 1. The van der Waals surface area contributed by atoms with Gasteiger partial charge in [-0.1, -0.05) is 6.08 Å². The van der Waals surface area contributed by atoms with E-state index in [9.17, 15) is 0 Å². The Hall–Kier alpha value is -0.620. The third-order valence-electron chi connectivity index (χ3n) is 1.90. The Balaban J connectivity index is 2.52. The summed E-state index contributed by atoms with van der Waals surface area (Å²) in [6.45, 7) is 3.71. The predicted octanol–water partition coefficient (Wildman–Crippen LogP) is 3.51. The van der Waals surface area contributed by atoms with E-state index >= 15 is 0 Å². The van der Waals surface area contributed by atoms with Gasteiger partial charge < -0.3 is 0 Å². The van der Waals surface area contributed by atoms with Crippen LogP contribution in [0.25, 0.3) is 10.9 Å². The molecule has 0 aliphatic heterocycles. The number of hydrogen-bond donors (Lipinski definition) is 0. The molecule has 0 amide bonds. The van der Waals surface area contributed by atoms with Gasteiger partial charge in [0.1, 0.15) is 11.4 Å². The fourth-order valence-corrected chi connectivity index (χ4v) is 2.47. The molecule has 0 N–H and O–H groups in total. The van der Waals surface area contributed by atoms with Gasteiger partial charge in [0.25, 0.3) is 0 Å². The summed E-state index contributed by atoms with van der Waals surface area (Å²) >= 11 is 3.98. The highest BCUT2D eigenvalue weighted by Gasteiger charge is 2.03. The molecule has 2 nitrogen and oxygen atoms in total. The molecule has 15 heavy (non-hydrogen) atoms. The van der Waals surface area contributed by atoms with E-state index in [0.29, 0.717) is 0 Å². The quantitative estimate of drug-likeness (QED) is 0.373. The van der Waals surface area contributed by atoms with Crippen LogP contribution >= 0.6 is 34.4 Å². The molecule has 0 unspecified atom stereocenters. The maximum atomic E-state index is 4.29. The number of thioether (sulfide) groups is 1. The van der Waals surface area contributed by atoms with Crippen molar-refractivity contribution >= 4 is 45.3 Å². The predicted molar refractivity (Wildman–Crippen MR) is 73.2 cm³/mol. The minimum Gasteiger partial charge on any atom is -0.236 e. The van der Waals surface area contributed by atoms with E-state index in [-0.39, 0.29) is 0 Å². The van der Waals surface area contributed by atoms with Crippen molar-refractivity contribution in [2.24, 2.45) is 0 Å². The van der Waals surface area contributed by atoms with E-state index in [4.69, 9.17) is 0 Å². The summed E-state index contributed by atoms with van der Waals surface area (Å²) in [5.41, 5.74) is 0.997. The zero-order valence-corrected chi connectivity index (χ0v) is 11.0. The molecule has 0 saturated heterocycles. The van der Waals surface area contributed by atoms with Crippen LogP contribution in [0.1, 0.15) is 0 Å². The lowest BCUT2D eigenvalue weighted by molar-refractivity contribution is 1.10. The Kier molecular flexibility index (Phi) is 3.58. The molecular weight excluding hydrogens is 319 g/mol. The third-order valence-corrected chi connectivity index (χ3v) is 3.57. The lowest BCUT2D eigenvalue weighted by Crippen LogP contribution is -1.87. The molecule has 76 valence electrons. The third kappa shape index (κ3) is 2.49. The maximum absolute atomic E-state index is 4.29. The monoisotopic (exact) mass is 328 g/mol. The topological polar surface area (TPSA) is 25.8 Å². The molecule has 1 heterocycles. The second-order valence-corrected chi connectivity index (χ2v) is 5.19. The van der Waals surface area contributed by atoms with Gasteiger partial charge in [0.2, 0.25) is 0 Å². The van der Waals surface area contributed by atoms with Crippen molar-refractivity contribution in [2.45, 2.75) is 5.03 Å². The molecule has 0 radical (unpaired) electrons. The Morgan fingerprint density at radius 1 is 1.40 bits per heavy atom. The molecule has 2 rings (SSSR count). The van der Waals surface area contributed by atoms with Gasteiger partial charge in [0.05, 0.1) is 5.52 Å². The summed E-state index contributed by atoms with van der Waals surface area (Å²) in [6.07, 6.45) is 3.49. The summed E-state index contributed by atoms with van der Waals surface area (Å²) in [5, 5.41) is 2.15. The summed E-state index contributed by atoms with van der Waals surface area (Å²) in [7, 11) is 0. The first-order chi connectivity index (χ1) is 7.31. The first kappa shape index (κ1) is 10.9. The number of benzene rings is 1.